The summed E-state index contributed by atoms with van der Waals surface area (Å²) in [6.07, 6.45) is -0.680. The Hall–Kier alpha value is -3.68. The lowest BCUT2D eigenvalue weighted by molar-refractivity contribution is -0.132. The molecule has 29 heavy (non-hydrogen) atoms. The highest BCUT2D eigenvalue weighted by Gasteiger charge is 2.21. The van der Waals surface area contributed by atoms with Gasteiger partial charge in [-0.1, -0.05) is 42.5 Å². The molecule has 1 heterocycles. The molecule has 2 aromatic carbocycles. The molecule has 0 saturated heterocycles. The first kappa shape index (κ1) is 20.1. The zero-order valence-electron chi connectivity index (χ0n) is 16.2. The molecule has 0 spiro atoms. The fourth-order valence-electron chi connectivity index (χ4n) is 2.85. The number of ether oxygens (including phenoxy) is 1. The number of hydrogen-bond donors (Lipinski definition) is 2. The molecule has 0 bridgehead atoms. The summed E-state index contributed by atoms with van der Waals surface area (Å²) < 4.78 is 5.13. The SMILES string of the molecule is C[C@H](NC(=O)OCc1ccccc1)C(=O)N(C)Cc1nc2ccccc2c(=O)[nH]1. The first-order chi connectivity index (χ1) is 13.9. The minimum atomic E-state index is -0.796. The van der Waals surface area contributed by atoms with Crippen LogP contribution < -0.4 is 10.9 Å². The van der Waals surface area contributed by atoms with Crippen LogP contribution in [0.5, 0.6) is 0 Å². The molecule has 0 fully saturated rings. The number of amides is 2. The first-order valence-electron chi connectivity index (χ1n) is 9.14. The summed E-state index contributed by atoms with van der Waals surface area (Å²) in [6.45, 7) is 1.79. The van der Waals surface area contributed by atoms with Crippen LogP contribution in [0.4, 0.5) is 4.79 Å². The lowest BCUT2D eigenvalue weighted by atomic mass is 10.2. The molecular weight excluding hydrogens is 372 g/mol. The normalized spacial score (nSPS) is 11.7. The maximum atomic E-state index is 12.5. The number of nitrogens with zero attached hydrogens (tertiary/aromatic N) is 2. The van der Waals surface area contributed by atoms with E-state index in [2.05, 4.69) is 15.3 Å². The Balaban J connectivity index is 1.56. The number of likely N-dealkylation sites (N-methyl/N-ethyl adjacent to an activating group) is 1. The summed E-state index contributed by atoms with van der Waals surface area (Å²) in [5.74, 6) is 0.0286. The van der Waals surface area contributed by atoms with Crippen molar-refractivity contribution in [2.24, 2.45) is 0 Å². The van der Waals surface area contributed by atoms with Crippen LogP contribution in [0.25, 0.3) is 10.9 Å². The smallest absolute Gasteiger partial charge is 0.408 e. The van der Waals surface area contributed by atoms with Gasteiger partial charge in [0.2, 0.25) is 5.91 Å². The van der Waals surface area contributed by atoms with E-state index >= 15 is 0 Å². The average molecular weight is 394 g/mol. The lowest BCUT2D eigenvalue weighted by Crippen LogP contribution is -2.45. The quantitative estimate of drug-likeness (QED) is 0.667. The number of aromatic nitrogens is 2. The molecule has 0 aliphatic rings. The van der Waals surface area contributed by atoms with Crippen molar-refractivity contribution in [3.63, 3.8) is 0 Å². The average Bonchev–Trinajstić information content (AvgIpc) is 2.72. The molecule has 8 nitrogen and oxygen atoms in total. The van der Waals surface area contributed by atoms with E-state index in [0.29, 0.717) is 16.7 Å². The van der Waals surface area contributed by atoms with Crippen LogP contribution >= 0.6 is 0 Å². The van der Waals surface area contributed by atoms with Crippen LogP contribution in [0, 0.1) is 0 Å². The summed E-state index contributed by atoms with van der Waals surface area (Å²) in [7, 11) is 1.57. The van der Waals surface area contributed by atoms with Gasteiger partial charge in [-0.3, -0.25) is 9.59 Å². The Labute approximate surface area is 167 Å². The Morgan fingerprint density at radius 3 is 2.59 bits per heavy atom. The molecule has 3 aromatic rings. The number of fused-ring (bicyclic) bond motifs is 1. The number of para-hydroxylation sites is 1. The van der Waals surface area contributed by atoms with Crippen LogP contribution in [-0.4, -0.2) is 40.0 Å². The third kappa shape index (κ3) is 5.19. The van der Waals surface area contributed by atoms with Gasteiger partial charge in [0.05, 0.1) is 17.4 Å². The number of alkyl carbamates (subject to hydrolysis) is 1. The predicted octanol–water partition coefficient (Wildman–Crippen LogP) is 2.20. The molecule has 0 saturated carbocycles. The first-order valence-corrected chi connectivity index (χ1v) is 9.14. The Morgan fingerprint density at radius 1 is 1.14 bits per heavy atom. The second kappa shape index (κ2) is 9.01. The number of carbonyl (C=O) groups is 2. The molecule has 150 valence electrons. The van der Waals surface area contributed by atoms with E-state index in [1.165, 1.54) is 4.90 Å². The summed E-state index contributed by atoms with van der Waals surface area (Å²) in [5.41, 5.74) is 1.15. The number of nitrogens with one attached hydrogen (secondary N) is 2. The standard InChI is InChI=1S/C21H22N4O4/c1-14(22-21(28)29-13-15-8-4-3-5-9-15)20(27)25(2)12-18-23-17-11-7-6-10-16(17)19(26)24-18/h3-11,14H,12-13H2,1-2H3,(H,22,28)(H,23,24,26)/t14-/m0/s1. The minimum absolute atomic E-state index is 0.101. The third-order valence-electron chi connectivity index (χ3n) is 4.34. The number of rotatable bonds is 6. The summed E-state index contributed by atoms with van der Waals surface area (Å²) in [4.78, 5) is 45.1. The van der Waals surface area contributed by atoms with Crippen LogP contribution in [-0.2, 0) is 22.7 Å². The van der Waals surface area contributed by atoms with E-state index in [1.807, 2.05) is 30.3 Å². The highest BCUT2D eigenvalue weighted by molar-refractivity contribution is 5.85. The van der Waals surface area contributed by atoms with E-state index in [9.17, 15) is 14.4 Å². The Morgan fingerprint density at radius 2 is 1.83 bits per heavy atom. The minimum Gasteiger partial charge on any atom is -0.445 e. The van der Waals surface area contributed by atoms with Crippen LogP contribution in [0.2, 0.25) is 0 Å². The van der Waals surface area contributed by atoms with Gasteiger partial charge in [-0.25, -0.2) is 9.78 Å². The predicted molar refractivity (Wildman–Crippen MR) is 108 cm³/mol. The van der Waals surface area contributed by atoms with Gasteiger partial charge >= 0.3 is 6.09 Å². The molecule has 2 N–H and O–H groups in total. The molecule has 1 aromatic heterocycles. The van der Waals surface area contributed by atoms with E-state index in [4.69, 9.17) is 4.74 Å². The zero-order valence-corrected chi connectivity index (χ0v) is 16.2. The van der Waals surface area contributed by atoms with Crippen molar-refractivity contribution in [3.05, 3.63) is 76.3 Å². The summed E-state index contributed by atoms with van der Waals surface area (Å²) >= 11 is 0. The van der Waals surface area contributed by atoms with Gasteiger partial charge in [0, 0.05) is 7.05 Å². The van der Waals surface area contributed by atoms with Crippen LogP contribution in [0.3, 0.4) is 0 Å². The number of hydrogen-bond acceptors (Lipinski definition) is 5. The molecule has 0 aliphatic carbocycles. The van der Waals surface area contributed by atoms with Crippen molar-refractivity contribution >= 4 is 22.9 Å². The molecule has 0 radical (unpaired) electrons. The number of benzene rings is 2. The molecule has 0 aliphatic heterocycles. The highest BCUT2D eigenvalue weighted by Crippen LogP contribution is 2.07. The fourth-order valence-corrected chi connectivity index (χ4v) is 2.85. The second-order valence-corrected chi connectivity index (χ2v) is 6.65. The van der Waals surface area contributed by atoms with E-state index < -0.39 is 12.1 Å². The Bertz CT molecular complexity index is 1060. The van der Waals surface area contributed by atoms with Crippen molar-refractivity contribution in [2.75, 3.05) is 7.05 Å². The third-order valence-corrected chi connectivity index (χ3v) is 4.34. The second-order valence-electron chi connectivity index (χ2n) is 6.65. The summed E-state index contributed by atoms with van der Waals surface area (Å²) in [6, 6.07) is 15.4. The summed E-state index contributed by atoms with van der Waals surface area (Å²) in [5, 5.41) is 3.00. The van der Waals surface area contributed by atoms with Crippen LogP contribution in [0.15, 0.2) is 59.4 Å². The number of H-pyrrole nitrogens is 1. The Kier molecular flexibility index (Phi) is 6.23. The molecule has 3 rings (SSSR count). The topological polar surface area (TPSA) is 104 Å². The van der Waals surface area contributed by atoms with Gasteiger partial charge in [-0.15, -0.1) is 0 Å². The van der Waals surface area contributed by atoms with Gasteiger partial charge in [-0.05, 0) is 24.6 Å². The van der Waals surface area contributed by atoms with Gasteiger partial charge in [0.25, 0.3) is 5.56 Å². The maximum Gasteiger partial charge on any atom is 0.408 e. The van der Waals surface area contributed by atoms with Crippen molar-refractivity contribution < 1.29 is 14.3 Å². The van der Waals surface area contributed by atoms with Crippen molar-refractivity contribution in [1.29, 1.82) is 0 Å². The van der Waals surface area contributed by atoms with Crippen molar-refractivity contribution in [2.45, 2.75) is 26.1 Å². The number of carbonyl (C=O) groups excluding carboxylic acids is 2. The van der Waals surface area contributed by atoms with Gasteiger partial charge < -0.3 is 19.9 Å². The monoisotopic (exact) mass is 394 g/mol. The van der Waals surface area contributed by atoms with Gasteiger partial charge in [-0.2, -0.15) is 0 Å². The number of aromatic amines is 1. The van der Waals surface area contributed by atoms with Gasteiger partial charge in [0.15, 0.2) is 0 Å². The van der Waals surface area contributed by atoms with E-state index in [0.717, 1.165) is 5.56 Å². The maximum absolute atomic E-state index is 12.5. The van der Waals surface area contributed by atoms with E-state index in [1.54, 1.807) is 38.2 Å². The fraction of sp³-hybridized carbons (Fsp3) is 0.238. The van der Waals surface area contributed by atoms with E-state index in [-0.39, 0.29) is 24.6 Å². The van der Waals surface area contributed by atoms with Gasteiger partial charge in [0.1, 0.15) is 18.5 Å². The van der Waals surface area contributed by atoms with Crippen molar-refractivity contribution in [1.82, 2.24) is 20.2 Å². The van der Waals surface area contributed by atoms with Crippen molar-refractivity contribution in [3.8, 4) is 0 Å². The lowest BCUT2D eigenvalue weighted by Gasteiger charge is -2.21. The molecule has 8 heteroatoms. The largest absolute Gasteiger partial charge is 0.445 e. The molecule has 1 atom stereocenters. The zero-order chi connectivity index (χ0) is 20.8. The molecule has 0 unspecified atom stereocenters. The van der Waals surface area contributed by atoms with Crippen LogP contribution in [0.1, 0.15) is 18.3 Å². The molecular formula is C21H22N4O4. The highest BCUT2D eigenvalue weighted by atomic mass is 16.5. The molecule has 2 amide bonds.